The molecule has 2 rings (SSSR count). The highest BCUT2D eigenvalue weighted by Gasteiger charge is 2.02. The molecule has 25 heavy (non-hydrogen) atoms. The summed E-state index contributed by atoms with van der Waals surface area (Å²) < 4.78 is 5.75. The monoisotopic (exact) mass is 360 g/mol. The van der Waals surface area contributed by atoms with Crippen molar-refractivity contribution < 1.29 is 9.53 Å². The van der Waals surface area contributed by atoms with Crippen LogP contribution in [-0.2, 0) is 11.4 Å². The molecule has 4 nitrogen and oxygen atoms in total. The minimum Gasteiger partial charge on any atom is -0.489 e. The van der Waals surface area contributed by atoms with Crippen molar-refractivity contribution in [3.8, 4) is 5.75 Å². The standard InChI is InChI=1S/C20H25ClN2O2/c1-15(2)13-23-20(24)11-12-22-18-7-9-19(10-8-18)25-14-16-3-5-17(21)6-4-16/h3-10,15,22H,11-14H2,1-2H3,(H,23,24). The normalized spacial score (nSPS) is 10.6. The maximum Gasteiger partial charge on any atom is 0.221 e. The molecular weight excluding hydrogens is 336 g/mol. The number of rotatable bonds is 9. The van der Waals surface area contributed by atoms with Gasteiger partial charge in [-0.05, 0) is 47.9 Å². The Morgan fingerprint density at radius 2 is 1.76 bits per heavy atom. The second kappa shape index (κ2) is 9.94. The molecule has 0 saturated heterocycles. The summed E-state index contributed by atoms with van der Waals surface area (Å²) in [5, 5.41) is 6.86. The number of ether oxygens (including phenoxy) is 1. The van der Waals surface area contributed by atoms with Crippen molar-refractivity contribution in [2.75, 3.05) is 18.4 Å². The summed E-state index contributed by atoms with van der Waals surface area (Å²) in [6, 6.07) is 15.3. The van der Waals surface area contributed by atoms with E-state index in [4.69, 9.17) is 16.3 Å². The largest absolute Gasteiger partial charge is 0.489 e. The number of hydrogen-bond donors (Lipinski definition) is 2. The first-order valence-electron chi connectivity index (χ1n) is 8.51. The Hall–Kier alpha value is -2.20. The van der Waals surface area contributed by atoms with Crippen molar-refractivity contribution >= 4 is 23.2 Å². The number of nitrogens with one attached hydrogen (secondary N) is 2. The Balaban J connectivity index is 1.70. The van der Waals surface area contributed by atoms with Gasteiger partial charge in [-0.1, -0.05) is 37.6 Å². The van der Waals surface area contributed by atoms with Crippen LogP contribution in [0.5, 0.6) is 5.75 Å². The van der Waals surface area contributed by atoms with E-state index in [1.165, 1.54) is 0 Å². The lowest BCUT2D eigenvalue weighted by Crippen LogP contribution is -2.28. The van der Waals surface area contributed by atoms with Gasteiger partial charge in [-0.25, -0.2) is 0 Å². The Kier molecular flexibility index (Phi) is 7.61. The lowest BCUT2D eigenvalue weighted by molar-refractivity contribution is -0.120. The zero-order valence-corrected chi connectivity index (χ0v) is 15.5. The van der Waals surface area contributed by atoms with E-state index >= 15 is 0 Å². The molecule has 0 aliphatic heterocycles. The molecule has 0 atom stereocenters. The first-order valence-corrected chi connectivity index (χ1v) is 8.88. The highest BCUT2D eigenvalue weighted by Crippen LogP contribution is 2.18. The summed E-state index contributed by atoms with van der Waals surface area (Å²) >= 11 is 5.87. The topological polar surface area (TPSA) is 50.4 Å². The number of amides is 1. The molecular formula is C20H25ClN2O2. The Morgan fingerprint density at radius 3 is 2.40 bits per heavy atom. The highest BCUT2D eigenvalue weighted by molar-refractivity contribution is 6.30. The second-order valence-corrected chi connectivity index (χ2v) is 6.75. The minimum absolute atomic E-state index is 0.0733. The Morgan fingerprint density at radius 1 is 1.08 bits per heavy atom. The van der Waals surface area contributed by atoms with Crippen molar-refractivity contribution in [1.29, 1.82) is 0 Å². The average molecular weight is 361 g/mol. The molecule has 0 aromatic heterocycles. The third-order valence-electron chi connectivity index (χ3n) is 3.56. The number of carbonyl (C=O) groups is 1. The van der Waals surface area contributed by atoms with Gasteiger partial charge >= 0.3 is 0 Å². The smallest absolute Gasteiger partial charge is 0.221 e. The quantitative estimate of drug-likeness (QED) is 0.692. The number of halogens is 1. The van der Waals surface area contributed by atoms with E-state index in [1.807, 2.05) is 48.5 Å². The number of carbonyl (C=O) groups excluding carboxylic acids is 1. The molecule has 2 N–H and O–H groups in total. The van der Waals surface area contributed by atoms with Gasteiger partial charge in [-0.15, -0.1) is 0 Å². The molecule has 0 bridgehead atoms. The maximum absolute atomic E-state index is 11.7. The molecule has 2 aromatic rings. The molecule has 0 radical (unpaired) electrons. The molecule has 0 unspecified atom stereocenters. The van der Waals surface area contributed by atoms with Crippen LogP contribution < -0.4 is 15.4 Å². The maximum atomic E-state index is 11.7. The van der Waals surface area contributed by atoms with Crippen LogP contribution in [0.3, 0.4) is 0 Å². The van der Waals surface area contributed by atoms with Crippen molar-refractivity contribution in [3.63, 3.8) is 0 Å². The molecule has 0 saturated carbocycles. The van der Waals surface area contributed by atoms with Crippen LogP contribution in [0.1, 0.15) is 25.8 Å². The zero-order chi connectivity index (χ0) is 18.1. The van der Waals surface area contributed by atoms with Gasteiger partial charge in [0.05, 0.1) is 0 Å². The summed E-state index contributed by atoms with van der Waals surface area (Å²) in [5.74, 6) is 1.34. The summed E-state index contributed by atoms with van der Waals surface area (Å²) in [7, 11) is 0. The van der Waals surface area contributed by atoms with Crippen LogP contribution in [-0.4, -0.2) is 19.0 Å². The fraction of sp³-hybridized carbons (Fsp3) is 0.350. The highest BCUT2D eigenvalue weighted by atomic mass is 35.5. The molecule has 1 amide bonds. The summed E-state index contributed by atoms with van der Waals surface area (Å²) in [6.45, 7) is 5.98. The zero-order valence-electron chi connectivity index (χ0n) is 14.7. The van der Waals surface area contributed by atoms with E-state index in [9.17, 15) is 4.79 Å². The van der Waals surface area contributed by atoms with E-state index < -0.39 is 0 Å². The molecule has 0 heterocycles. The number of anilines is 1. The second-order valence-electron chi connectivity index (χ2n) is 6.31. The fourth-order valence-electron chi connectivity index (χ4n) is 2.14. The van der Waals surface area contributed by atoms with Crippen LogP contribution in [0.4, 0.5) is 5.69 Å². The Labute approximate surface area is 154 Å². The van der Waals surface area contributed by atoms with Gasteiger partial charge in [0.1, 0.15) is 12.4 Å². The van der Waals surface area contributed by atoms with Gasteiger partial charge in [0, 0.05) is 30.2 Å². The SMILES string of the molecule is CC(C)CNC(=O)CCNc1ccc(OCc2ccc(Cl)cc2)cc1. The van der Waals surface area contributed by atoms with Gasteiger partial charge in [0.15, 0.2) is 0 Å². The first kappa shape index (κ1) is 19.1. The number of benzene rings is 2. The third-order valence-corrected chi connectivity index (χ3v) is 3.81. The van der Waals surface area contributed by atoms with E-state index in [0.29, 0.717) is 25.5 Å². The van der Waals surface area contributed by atoms with Crippen LogP contribution in [0.25, 0.3) is 0 Å². The average Bonchev–Trinajstić information content (AvgIpc) is 2.60. The van der Waals surface area contributed by atoms with Crippen LogP contribution in [0, 0.1) is 5.92 Å². The van der Waals surface area contributed by atoms with Crippen molar-refractivity contribution in [3.05, 3.63) is 59.1 Å². The number of hydrogen-bond acceptors (Lipinski definition) is 3. The van der Waals surface area contributed by atoms with E-state index in [2.05, 4.69) is 24.5 Å². The summed E-state index contributed by atoms with van der Waals surface area (Å²) in [4.78, 5) is 11.7. The van der Waals surface area contributed by atoms with Gasteiger partial charge in [-0.3, -0.25) is 4.79 Å². The molecule has 2 aromatic carbocycles. The van der Waals surface area contributed by atoms with Gasteiger partial charge in [-0.2, -0.15) is 0 Å². The molecule has 0 fully saturated rings. The lowest BCUT2D eigenvalue weighted by Gasteiger charge is -2.10. The van der Waals surface area contributed by atoms with Gasteiger partial charge < -0.3 is 15.4 Å². The molecule has 134 valence electrons. The molecule has 0 spiro atoms. The third kappa shape index (κ3) is 7.48. The van der Waals surface area contributed by atoms with Crippen molar-refractivity contribution in [1.82, 2.24) is 5.32 Å². The predicted molar refractivity (Wildman–Crippen MR) is 103 cm³/mol. The van der Waals surface area contributed by atoms with E-state index in [1.54, 1.807) is 0 Å². The summed E-state index contributed by atoms with van der Waals surface area (Å²) in [5.41, 5.74) is 2.04. The predicted octanol–water partition coefficient (Wildman–Crippen LogP) is 4.49. The van der Waals surface area contributed by atoms with Crippen LogP contribution in [0.2, 0.25) is 5.02 Å². The first-order chi connectivity index (χ1) is 12.0. The summed E-state index contributed by atoms with van der Waals surface area (Å²) in [6.07, 6.45) is 0.460. The van der Waals surface area contributed by atoms with Gasteiger partial charge in [0.2, 0.25) is 5.91 Å². The molecule has 5 heteroatoms. The minimum atomic E-state index is 0.0733. The Bertz CT molecular complexity index is 654. The van der Waals surface area contributed by atoms with Crippen LogP contribution in [0.15, 0.2) is 48.5 Å². The van der Waals surface area contributed by atoms with E-state index in [0.717, 1.165) is 28.6 Å². The van der Waals surface area contributed by atoms with Crippen molar-refractivity contribution in [2.24, 2.45) is 5.92 Å². The molecule has 0 aliphatic rings. The van der Waals surface area contributed by atoms with Crippen LogP contribution >= 0.6 is 11.6 Å². The van der Waals surface area contributed by atoms with E-state index in [-0.39, 0.29) is 5.91 Å². The molecule has 0 aliphatic carbocycles. The fourth-order valence-corrected chi connectivity index (χ4v) is 2.27. The lowest BCUT2D eigenvalue weighted by atomic mass is 10.2. The van der Waals surface area contributed by atoms with Gasteiger partial charge in [0.25, 0.3) is 0 Å². The van der Waals surface area contributed by atoms with Crippen molar-refractivity contribution in [2.45, 2.75) is 26.9 Å².